The molecule has 0 fully saturated rings. The van der Waals surface area contributed by atoms with Crippen molar-refractivity contribution in [2.45, 2.75) is 0 Å². The number of nitrogens with zero attached hydrogens (tertiary/aromatic N) is 3. The second-order valence-electron chi connectivity index (χ2n) is 6.89. The van der Waals surface area contributed by atoms with Crippen molar-refractivity contribution in [3.05, 3.63) is 52.0 Å². The van der Waals surface area contributed by atoms with Crippen molar-refractivity contribution in [3.8, 4) is 16.9 Å². The third-order valence-electron chi connectivity index (χ3n) is 4.79. The van der Waals surface area contributed by atoms with Crippen LogP contribution in [0.4, 0.5) is 0 Å². The first-order valence-electron chi connectivity index (χ1n) is 10.1. The van der Waals surface area contributed by atoms with Gasteiger partial charge in [-0.3, -0.25) is 14.8 Å². The molecule has 31 heavy (non-hydrogen) atoms. The number of phenolic OH excluding ortho intramolecular Hbond substituents is 1. The maximum atomic E-state index is 13.3. The van der Waals surface area contributed by atoms with E-state index in [-0.39, 0.29) is 35.5 Å². The largest absolute Gasteiger partial charge is 0.507 e. The number of pyridine rings is 1. The van der Waals surface area contributed by atoms with Crippen molar-refractivity contribution in [2.24, 2.45) is 9.98 Å². The van der Waals surface area contributed by atoms with E-state index in [2.05, 4.69) is 20.6 Å². The van der Waals surface area contributed by atoms with Crippen LogP contribution in [-0.4, -0.2) is 89.2 Å². The lowest BCUT2D eigenvalue weighted by atomic mass is 9.86. The van der Waals surface area contributed by atoms with E-state index in [0.717, 1.165) is 4.73 Å². The molecule has 10 nitrogen and oxygen atoms in total. The first kappa shape index (κ1) is 22.6. The molecule has 6 N–H and O–H groups in total. The molecule has 0 saturated heterocycles. The van der Waals surface area contributed by atoms with Crippen molar-refractivity contribution < 1.29 is 20.5 Å². The van der Waals surface area contributed by atoms with Crippen molar-refractivity contribution in [1.29, 1.82) is 0 Å². The van der Waals surface area contributed by atoms with Crippen LogP contribution in [-0.2, 0) is 0 Å². The summed E-state index contributed by atoms with van der Waals surface area (Å²) in [5.74, 6) is -0.0947. The second-order valence-corrected chi connectivity index (χ2v) is 6.89. The first-order chi connectivity index (χ1) is 15.1. The van der Waals surface area contributed by atoms with E-state index in [4.69, 9.17) is 10.2 Å². The molecule has 0 bridgehead atoms. The zero-order chi connectivity index (χ0) is 22.2. The van der Waals surface area contributed by atoms with Gasteiger partial charge in [0.25, 0.3) is 0 Å². The number of fused-ring (bicyclic) bond motifs is 2. The molecular formula is C21H27N5O5. The Hall–Kier alpha value is -3.05. The van der Waals surface area contributed by atoms with Gasteiger partial charge in [-0.05, 0) is 18.2 Å². The van der Waals surface area contributed by atoms with Crippen LogP contribution in [0.2, 0.25) is 0 Å². The number of aliphatic hydroxyl groups is 2. The molecular weight excluding hydrogens is 402 g/mol. The molecule has 2 aliphatic carbocycles. The highest BCUT2D eigenvalue weighted by Crippen LogP contribution is 2.35. The summed E-state index contributed by atoms with van der Waals surface area (Å²) in [5, 5.41) is 44.5. The quantitative estimate of drug-likeness (QED) is 0.214. The van der Waals surface area contributed by atoms with E-state index in [9.17, 15) is 15.1 Å². The number of aromatic nitrogens is 1. The minimum absolute atomic E-state index is 0.0258. The van der Waals surface area contributed by atoms with E-state index in [1.54, 1.807) is 12.2 Å². The van der Waals surface area contributed by atoms with Gasteiger partial charge in [-0.25, -0.2) is 4.73 Å². The fraction of sp³-hybridized carbons (Fsp3) is 0.381. The van der Waals surface area contributed by atoms with Crippen molar-refractivity contribution in [1.82, 2.24) is 15.4 Å². The highest BCUT2D eigenvalue weighted by molar-refractivity contribution is 6.27. The minimum atomic E-state index is -0.358. The Kier molecular flexibility index (Phi) is 7.90. The third-order valence-corrected chi connectivity index (χ3v) is 4.79. The molecule has 166 valence electrons. The third kappa shape index (κ3) is 5.17. The van der Waals surface area contributed by atoms with E-state index in [0.29, 0.717) is 61.8 Å². The molecule has 0 atom stereocenters. The average molecular weight is 429 g/mol. The van der Waals surface area contributed by atoms with Crippen LogP contribution in [0.15, 0.2) is 45.4 Å². The standard InChI is InChI=1S/C21H27N5O5/c27-11-8-22-4-6-24-16-1-2-17(25-7-5-23-9-12-28)19-18(16)20(29)14-3-10-26(31)13-15(14)21(19)30/h1-3,10,13,22-23,27-29,31H,4-9,11-12H2. The van der Waals surface area contributed by atoms with Gasteiger partial charge in [-0.1, -0.05) is 0 Å². The predicted octanol–water partition coefficient (Wildman–Crippen LogP) is -0.792. The van der Waals surface area contributed by atoms with Gasteiger partial charge in [0.2, 0.25) is 0 Å². The highest BCUT2D eigenvalue weighted by Gasteiger charge is 2.28. The van der Waals surface area contributed by atoms with Crippen LogP contribution >= 0.6 is 0 Å². The van der Waals surface area contributed by atoms with Crippen LogP contribution in [0.5, 0.6) is 5.75 Å². The number of hydrogen-bond donors (Lipinski definition) is 6. The summed E-state index contributed by atoms with van der Waals surface area (Å²) < 4.78 is 0.770. The predicted molar refractivity (Wildman–Crippen MR) is 118 cm³/mol. The SMILES string of the molecule is O=c1c2cn(O)ccc-2c(O)c2c1C(=NCCNCCO)C=CC2=NCCNCCO. The minimum Gasteiger partial charge on any atom is -0.507 e. The number of aliphatic imine (C=N–C) groups is 2. The van der Waals surface area contributed by atoms with Crippen molar-refractivity contribution in [2.75, 3.05) is 52.5 Å². The van der Waals surface area contributed by atoms with Crippen molar-refractivity contribution in [3.63, 3.8) is 0 Å². The number of aliphatic hydroxyl groups excluding tert-OH is 2. The number of rotatable bonds is 10. The van der Waals surface area contributed by atoms with Crippen molar-refractivity contribution >= 4 is 11.4 Å². The molecule has 3 rings (SSSR count). The van der Waals surface area contributed by atoms with Crippen LogP contribution in [0.1, 0.15) is 11.1 Å². The van der Waals surface area contributed by atoms with Gasteiger partial charge < -0.3 is 31.2 Å². The molecule has 0 saturated carbocycles. The summed E-state index contributed by atoms with van der Waals surface area (Å²) in [6.07, 6.45) is 6.00. The van der Waals surface area contributed by atoms with Gasteiger partial charge in [0.15, 0.2) is 5.43 Å². The summed E-state index contributed by atoms with van der Waals surface area (Å²) in [5.41, 5.74) is 1.58. The van der Waals surface area contributed by atoms with E-state index < -0.39 is 0 Å². The average Bonchev–Trinajstić information content (AvgIpc) is 2.77. The van der Waals surface area contributed by atoms with Gasteiger partial charge in [-0.15, -0.1) is 0 Å². The maximum absolute atomic E-state index is 13.3. The molecule has 1 heterocycles. The molecule has 0 radical (unpaired) electrons. The van der Waals surface area contributed by atoms with E-state index in [1.807, 2.05) is 0 Å². The number of allylic oxidation sites excluding steroid dienone is 2. The fourth-order valence-electron chi connectivity index (χ4n) is 3.37. The van der Waals surface area contributed by atoms with Gasteiger partial charge in [0.1, 0.15) is 5.75 Å². The summed E-state index contributed by atoms with van der Waals surface area (Å²) in [6, 6.07) is 1.47. The molecule has 0 aromatic heterocycles. The van der Waals surface area contributed by atoms with Gasteiger partial charge in [0, 0.05) is 37.9 Å². The Morgan fingerprint density at radius 2 is 1.45 bits per heavy atom. The van der Waals surface area contributed by atoms with Gasteiger partial charge in [-0.2, -0.15) is 0 Å². The van der Waals surface area contributed by atoms with Crippen LogP contribution in [0.3, 0.4) is 0 Å². The number of phenols is 1. The molecule has 10 heteroatoms. The smallest absolute Gasteiger partial charge is 0.198 e. The lowest BCUT2D eigenvalue weighted by Gasteiger charge is -2.20. The summed E-state index contributed by atoms with van der Waals surface area (Å²) >= 11 is 0. The maximum Gasteiger partial charge on any atom is 0.198 e. The molecule has 0 aromatic rings. The van der Waals surface area contributed by atoms with Gasteiger partial charge in [0.05, 0.1) is 60.6 Å². The zero-order valence-corrected chi connectivity index (χ0v) is 17.1. The lowest BCUT2D eigenvalue weighted by Crippen LogP contribution is -2.28. The fourth-order valence-corrected chi connectivity index (χ4v) is 3.37. The topological polar surface area (TPSA) is 152 Å². The number of nitrogens with one attached hydrogen (secondary N) is 2. The van der Waals surface area contributed by atoms with E-state index >= 15 is 0 Å². The van der Waals surface area contributed by atoms with Crippen LogP contribution < -0.4 is 16.1 Å². The molecule has 0 unspecified atom stereocenters. The zero-order valence-electron chi connectivity index (χ0n) is 17.1. The van der Waals surface area contributed by atoms with Gasteiger partial charge >= 0.3 is 0 Å². The second kappa shape index (κ2) is 10.8. The Morgan fingerprint density at radius 1 is 0.871 bits per heavy atom. The molecule has 0 spiro atoms. The highest BCUT2D eigenvalue weighted by atomic mass is 16.5. The summed E-state index contributed by atoms with van der Waals surface area (Å²) in [4.78, 5) is 22.3. The first-order valence-corrected chi connectivity index (χ1v) is 10.1. The Morgan fingerprint density at radius 3 is 2.03 bits per heavy atom. The molecule has 0 aromatic carbocycles. The number of hydrogen-bond acceptors (Lipinski definition) is 9. The summed E-state index contributed by atoms with van der Waals surface area (Å²) in [7, 11) is 0. The Labute approximate surface area is 179 Å². The molecule has 1 aliphatic heterocycles. The van der Waals surface area contributed by atoms with E-state index in [1.165, 1.54) is 18.5 Å². The molecule has 3 aliphatic rings. The summed E-state index contributed by atoms with van der Waals surface area (Å²) in [6.45, 7) is 2.80. The Bertz CT molecular complexity index is 1030. The lowest BCUT2D eigenvalue weighted by molar-refractivity contribution is 0.184. The van der Waals surface area contributed by atoms with Crippen LogP contribution in [0.25, 0.3) is 11.1 Å². The molecule has 0 amide bonds. The van der Waals surface area contributed by atoms with Crippen LogP contribution in [0, 0.1) is 0 Å². The monoisotopic (exact) mass is 429 g/mol. The number of aromatic hydroxyl groups is 1. The Balaban J connectivity index is 2.05. The normalized spacial score (nSPS) is 15.8. The number of benzene rings is 1.